The second kappa shape index (κ2) is 11.9. The van der Waals surface area contributed by atoms with Gasteiger partial charge < -0.3 is 15.0 Å². The van der Waals surface area contributed by atoms with Gasteiger partial charge in [0.2, 0.25) is 5.91 Å². The molecule has 1 atom stereocenters. The molecular formula is C29H39FN4O5. The van der Waals surface area contributed by atoms with Gasteiger partial charge in [0.05, 0.1) is 23.2 Å². The second-order valence-electron chi connectivity index (χ2n) is 11.2. The number of esters is 1. The summed E-state index contributed by atoms with van der Waals surface area (Å²) in [4.78, 5) is 54.8. The number of likely N-dealkylation sites (tertiary alicyclic amines) is 1. The number of halogens is 1. The van der Waals surface area contributed by atoms with Crippen molar-refractivity contribution in [2.24, 2.45) is 0 Å². The van der Waals surface area contributed by atoms with Gasteiger partial charge in [0.25, 0.3) is 5.56 Å². The molecule has 1 amide bonds. The van der Waals surface area contributed by atoms with Gasteiger partial charge in [-0.15, -0.1) is 0 Å². The number of anilines is 1. The van der Waals surface area contributed by atoms with Crippen LogP contribution in [0.2, 0.25) is 0 Å². The number of hydrogen-bond acceptors (Lipinski definition) is 6. The number of nitrogens with zero attached hydrogens (tertiary/aromatic N) is 3. The Morgan fingerprint density at radius 2 is 1.67 bits per heavy atom. The Balaban J connectivity index is 1.54. The van der Waals surface area contributed by atoms with E-state index >= 15 is 4.39 Å². The molecule has 10 heteroatoms. The van der Waals surface area contributed by atoms with E-state index in [1.807, 2.05) is 0 Å². The van der Waals surface area contributed by atoms with Gasteiger partial charge in [-0.2, -0.15) is 0 Å². The molecule has 1 aliphatic heterocycles. The zero-order valence-electron chi connectivity index (χ0n) is 22.8. The fourth-order valence-electron chi connectivity index (χ4n) is 6.57. The van der Waals surface area contributed by atoms with Crippen LogP contribution in [0.5, 0.6) is 0 Å². The molecule has 1 aromatic carbocycles. The summed E-state index contributed by atoms with van der Waals surface area (Å²) >= 11 is 0. The first-order valence-electron chi connectivity index (χ1n) is 14.6. The maximum absolute atomic E-state index is 15.3. The molecule has 2 saturated carbocycles. The molecule has 2 heterocycles. The number of carbonyl (C=O) groups is 2. The maximum Gasteiger partial charge on any atom is 0.332 e. The minimum absolute atomic E-state index is 0.0848. The molecular weight excluding hydrogens is 503 g/mol. The molecule has 212 valence electrons. The number of fused-ring (bicyclic) bond motifs is 1. The number of piperidine rings is 1. The summed E-state index contributed by atoms with van der Waals surface area (Å²) in [5.41, 5.74) is -0.542. The molecule has 3 fully saturated rings. The molecule has 1 saturated heterocycles. The Morgan fingerprint density at radius 1 is 0.974 bits per heavy atom. The lowest BCUT2D eigenvalue weighted by molar-refractivity contribution is -0.156. The SMILES string of the molecule is CCOC(=O)C1CCCCN1C(=O)Cn1c(=O)c2cc(F)c(NC3CCCCC3)cc2n(C2CCCC2)c1=O. The van der Waals surface area contributed by atoms with Crippen molar-refractivity contribution in [1.29, 1.82) is 0 Å². The monoisotopic (exact) mass is 542 g/mol. The summed E-state index contributed by atoms with van der Waals surface area (Å²) in [6.45, 7) is 1.77. The van der Waals surface area contributed by atoms with E-state index in [4.69, 9.17) is 4.74 Å². The lowest BCUT2D eigenvalue weighted by Crippen LogP contribution is -2.52. The third kappa shape index (κ3) is 5.61. The van der Waals surface area contributed by atoms with Crippen LogP contribution in [-0.2, 0) is 20.9 Å². The summed E-state index contributed by atoms with van der Waals surface area (Å²) in [5.74, 6) is -1.50. The van der Waals surface area contributed by atoms with E-state index in [1.165, 1.54) is 17.4 Å². The highest BCUT2D eigenvalue weighted by Gasteiger charge is 2.34. The van der Waals surface area contributed by atoms with Crippen LogP contribution in [0.4, 0.5) is 10.1 Å². The number of nitrogens with one attached hydrogen (secondary N) is 1. The zero-order chi connectivity index (χ0) is 27.5. The lowest BCUT2D eigenvalue weighted by Gasteiger charge is -2.34. The fraction of sp³-hybridized carbons (Fsp3) is 0.655. The Bertz CT molecular complexity index is 1340. The van der Waals surface area contributed by atoms with Gasteiger partial charge in [-0.25, -0.2) is 14.0 Å². The van der Waals surface area contributed by atoms with Crippen LogP contribution in [0.3, 0.4) is 0 Å². The highest BCUT2D eigenvalue weighted by Crippen LogP contribution is 2.32. The van der Waals surface area contributed by atoms with E-state index in [0.29, 0.717) is 24.2 Å². The molecule has 39 heavy (non-hydrogen) atoms. The maximum atomic E-state index is 15.3. The second-order valence-corrected chi connectivity index (χ2v) is 11.2. The highest BCUT2D eigenvalue weighted by molar-refractivity contribution is 5.86. The van der Waals surface area contributed by atoms with Gasteiger partial charge in [0.15, 0.2) is 0 Å². The van der Waals surface area contributed by atoms with Crippen LogP contribution in [0.25, 0.3) is 10.9 Å². The molecule has 1 aromatic heterocycles. The molecule has 1 N–H and O–H groups in total. The van der Waals surface area contributed by atoms with E-state index in [-0.39, 0.29) is 24.1 Å². The van der Waals surface area contributed by atoms with Crippen molar-refractivity contribution in [3.63, 3.8) is 0 Å². The van der Waals surface area contributed by atoms with Crippen molar-refractivity contribution in [3.8, 4) is 0 Å². The first kappa shape index (κ1) is 27.4. The Morgan fingerprint density at radius 3 is 2.38 bits per heavy atom. The molecule has 0 spiro atoms. The minimum Gasteiger partial charge on any atom is -0.464 e. The summed E-state index contributed by atoms with van der Waals surface area (Å²) in [6, 6.07) is 2.11. The van der Waals surface area contributed by atoms with Gasteiger partial charge in [0.1, 0.15) is 18.4 Å². The topological polar surface area (TPSA) is 103 Å². The molecule has 5 rings (SSSR count). The van der Waals surface area contributed by atoms with Crippen LogP contribution in [0.1, 0.15) is 90.0 Å². The van der Waals surface area contributed by atoms with Crippen molar-refractivity contribution in [1.82, 2.24) is 14.0 Å². The molecule has 0 bridgehead atoms. The molecule has 2 aliphatic carbocycles. The number of amides is 1. The van der Waals surface area contributed by atoms with Crippen molar-refractivity contribution >= 4 is 28.5 Å². The minimum atomic E-state index is -0.731. The largest absolute Gasteiger partial charge is 0.464 e. The summed E-state index contributed by atoms with van der Waals surface area (Å²) in [6.07, 6.45) is 10.7. The van der Waals surface area contributed by atoms with Crippen LogP contribution in [-0.4, -0.2) is 51.1 Å². The van der Waals surface area contributed by atoms with Crippen molar-refractivity contribution < 1.29 is 18.7 Å². The number of hydrogen-bond donors (Lipinski definition) is 1. The average Bonchev–Trinajstić information content (AvgIpc) is 3.47. The Hall–Kier alpha value is -3.17. The lowest BCUT2D eigenvalue weighted by atomic mass is 9.95. The normalized spacial score (nSPS) is 20.9. The van der Waals surface area contributed by atoms with E-state index in [0.717, 1.165) is 68.8 Å². The number of rotatable bonds is 7. The number of ether oxygens (including phenoxy) is 1. The number of benzene rings is 1. The first-order valence-corrected chi connectivity index (χ1v) is 14.6. The standard InChI is InChI=1S/C29H39FN4O5/c1-2-39-28(37)24-14-8-9-15-32(24)26(35)18-33-27(36)21-16-22(30)23(31-19-10-4-3-5-11-19)17-25(21)34(29(33)38)20-12-6-7-13-20/h16-17,19-20,24,31H,2-15,18H2,1H3. The van der Waals surface area contributed by atoms with Crippen LogP contribution in [0, 0.1) is 5.82 Å². The van der Waals surface area contributed by atoms with E-state index in [1.54, 1.807) is 17.6 Å². The number of aromatic nitrogens is 2. The Kier molecular flexibility index (Phi) is 8.37. The Labute approximate surface area is 227 Å². The number of carbonyl (C=O) groups excluding carboxylic acids is 2. The predicted molar refractivity (Wildman–Crippen MR) is 146 cm³/mol. The van der Waals surface area contributed by atoms with Crippen LogP contribution in [0.15, 0.2) is 21.7 Å². The van der Waals surface area contributed by atoms with Gasteiger partial charge >= 0.3 is 11.7 Å². The van der Waals surface area contributed by atoms with Crippen molar-refractivity contribution in [2.45, 2.75) is 109 Å². The van der Waals surface area contributed by atoms with E-state index < -0.39 is 41.5 Å². The summed E-state index contributed by atoms with van der Waals surface area (Å²) in [5, 5.41) is 3.39. The van der Waals surface area contributed by atoms with Crippen molar-refractivity contribution in [2.75, 3.05) is 18.5 Å². The average molecular weight is 543 g/mol. The summed E-state index contributed by atoms with van der Waals surface area (Å²) in [7, 11) is 0. The molecule has 0 radical (unpaired) electrons. The molecule has 1 unspecified atom stereocenters. The van der Waals surface area contributed by atoms with Gasteiger partial charge in [-0.1, -0.05) is 32.1 Å². The highest BCUT2D eigenvalue weighted by atomic mass is 19.1. The van der Waals surface area contributed by atoms with E-state index in [2.05, 4.69) is 5.32 Å². The quantitative estimate of drug-likeness (QED) is 0.529. The molecule has 3 aliphatic rings. The molecule has 9 nitrogen and oxygen atoms in total. The van der Waals surface area contributed by atoms with Gasteiger partial charge in [0, 0.05) is 18.6 Å². The van der Waals surface area contributed by atoms with Crippen LogP contribution < -0.4 is 16.6 Å². The third-order valence-corrected chi connectivity index (χ3v) is 8.59. The summed E-state index contributed by atoms with van der Waals surface area (Å²) < 4.78 is 23.0. The van der Waals surface area contributed by atoms with Gasteiger partial charge in [-0.3, -0.25) is 18.7 Å². The smallest absolute Gasteiger partial charge is 0.332 e. The van der Waals surface area contributed by atoms with Gasteiger partial charge in [-0.05, 0) is 64.0 Å². The van der Waals surface area contributed by atoms with Crippen LogP contribution >= 0.6 is 0 Å². The van der Waals surface area contributed by atoms with E-state index in [9.17, 15) is 19.2 Å². The van der Waals surface area contributed by atoms with Crippen molar-refractivity contribution in [3.05, 3.63) is 38.8 Å². The first-order chi connectivity index (χ1) is 18.9. The molecule has 2 aromatic rings. The zero-order valence-corrected chi connectivity index (χ0v) is 22.8. The predicted octanol–water partition coefficient (Wildman–Crippen LogP) is 4.11. The third-order valence-electron chi connectivity index (χ3n) is 8.59. The fourth-order valence-corrected chi connectivity index (χ4v) is 6.57.